The van der Waals surface area contributed by atoms with E-state index >= 15 is 0 Å². The molecule has 0 bridgehead atoms. The smallest absolute Gasteiger partial charge is 0.123 e. The number of hydrogen-bond donors (Lipinski definition) is 1. The summed E-state index contributed by atoms with van der Waals surface area (Å²) in [7, 11) is 3.74. The maximum Gasteiger partial charge on any atom is 0.123 e. The molecule has 0 spiro atoms. The molecule has 0 saturated carbocycles. The van der Waals surface area contributed by atoms with Crippen molar-refractivity contribution in [2.24, 2.45) is 5.41 Å². The van der Waals surface area contributed by atoms with Crippen LogP contribution in [0.4, 0.5) is 0 Å². The van der Waals surface area contributed by atoms with Crippen molar-refractivity contribution < 1.29 is 4.74 Å². The van der Waals surface area contributed by atoms with Crippen molar-refractivity contribution in [3.63, 3.8) is 0 Å². The van der Waals surface area contributed by atoms with Gasteiger partial charge < -0.3 is 10.1 Å². The van der Waals surface area contributed by atoms with Crippen LogP contribution < -0.4 is 10.1 Å². The average molecular weight is 276 g/mol. The quantitative estimate of drug-likeness (QED) is 0.894. The van der Waals surface area contributed by atoms with E-state index in [4.69, 9.17) is 4.74 Å². The van der Waals surface area contributed by atoms with Crippen molar-refractivity contribution in [1.29, 1.82) is 0 Å². The molecule has 1 aliphatic rings. The van der Waals surface area contributed by atoms with Crippen LogP contribution >= 0.6 is 0 Å². The van der Waals surface area contributed by atoms with Crippen LogP contribution in [-0.2, 0) is 13.1 Å². The fraction of sp³-hybridized carbons (Fsp3) is 0.647. The average Bonchev–Trinajstić information content (AvgIpc) is 2.38. The van der Waals surface area contributed by atoms with Gasteiger partial charge in [0.05, 0.1) is 7.11 Å². The fourth-order valence-electron chi connectivity index (χ4n) is 3.19. The molecule has 0 atom stereocenters. The zero-order valence-corrected chi connectivity index (χ0v) is 13.3. The van der Waals surface area contributed by atoms with Crippen LogP contribution in [0.2, 0.25) is 0 Å². The summed E-state index contributed by atoms with van der Waals surface area (Å²) in [5, 5.41) is 3.21. The Kier molecular flexibility index (Phi) is 5.06. The summed E-state index contributed by atoms with van der Waals surface area (Å²) in [4.78, 5) is 2.56. The Morgan fingerprint density at radius 3 is 2.80 bits per heavy atom. The second-order valence-corrected chi connectivity index (χ2v) is 6.65. The fourth-order valence-corrected chi connectivity index (χ4v) is 3.19. The van der Waals surface area contributed by atoms with E-state index in [1.807, 2.05) is 7.05 Å². The molecular formula is C17H28N2O. The second kappa shape index (κ2) is 6.59. The molecule has 1 heterocycles. The van der Waals surface area contributed by atoms with E-state index in [9.17, 15) is 0 Å². The first-order valence-corrected chi connectivity index (χ1v) is 7.57. The van der Waals surface area contributed by atoms with E-state index in [0.717, 1.165) is 18.8 Å². The molecule has 112 valence electrons. The van der Waals surface area contributed by atoms with Crippen molar-refractivity contribution in [3.05, 3.63) is 29.3 Å². The van der Waals surface area contributed by atoms with E-state index in [2.05, 4.69) is 42.3 Å². The molecule has 1 N–H and O–H groups in total. The van der Waals surface area contributed by atoms with E-state index in [1.165, 1.54) is 37.1 Å². The summed E-state index contributed by atoms with van der Waals surface area (Å²) in [6.45, 7) is 9.00. The third-order valence-corrected chi connectivity index (χ3v) is 4.10. The summed E-state index contributed by atoms with van der Waals surface area (Å²) in [6, 6.07) is 6.51. The van der Waals surface area contributed by atoms with Gasteiger partial charge in [0, 0.05) is 25.2 Å². The summed E-state index contributed by atoms with van der Waals surface area (Å²) in [5.41, 5.74) is 3.06. The Hall–Kier alpha value is -1.06. The van der Waals surface area contributed by atoms with E-state index < -0.39 is 0 Å². The minimum absolute atomic E-state index is 0.439. The first-order chi connectivity index (χ1) is 9.54. The van der Waals surface area contributed by atoms with Crippen LogP contribution in [0.5, 0.6) is 5.75 Å². The van der Waals surface area contributed by atoms with Crippen molar-refractivity contribution >= 4 is 0 Å². The first-order valence-electron chi connectivity index (χ1n) is 7.57. The molecule has 0 amide bonds. The van der Waals surface area contributed by atoms with Gasteiger partial charge in [-0.15, -0.1) is 0 Å². The molecule has 1 fully saturated rings. The highest BCUT2D eigenvalue weighted by Gasteiger charge is 2.26. The predicted molar refractivity (Wildman–Crippen MR) is 84.0 cm³/mol. The SMILES string of the molecule is CNCc1ccc(OC)c(CN2CCCC(C)(C)C2)c1. The Bertz CT molecular complexity index is 443. The molecular weight excluding hydrogens is 248 g/mol. The standard InChI is InChI=1S/C17H28N2O/c1-17(2)8-5-9-19(13-17)12-15-10-14(11-18-3)6-7-16(15)20-4/h6-7,10,18H,5,8-9,11-13H2,1-4H3. The van der Waals surface area contributed by atoms with Crippen LogP contribution in [0.3, 0.4) is 0 Å². The van der Waals surface area contributed by atoms with E-state index in [0.29, 0.717) is 5.41 Å². The van der Waals surface area contributed by atoms with Crippen molar-refractivity contribution in [2.45, 2.75) is 39.8 Å². The molecule has 0 unspecified atom stereocenters. The highest BCUT2D eigenvalue weighted by atomic mass is 16.5. The van der Waals surface area contributed by atoms with Gasteiger partial charge in [0.15, 0.2) is 0 Å². The molecule has 1 aliphatic heterocycles. The Morgan fingerprint density at radius 1 is 1.35 bits per heavy atom. The number of nitrogens with one attached hydrogen (secondary N) is 1. The van der Waals surface area contributed by atoms with Gasteiger partial charge in [0.1, 0.15) is 5.75 Å². The summed E-state index contributed by atoms with van der Waals surface area (Å²) in [5.74, 6) is 1.01. The molecule has 3 heteroatoms. The molecule has 20 heavy (non-hydrogen) atoms. The molecule has 0 radical (unpaired) electrons. The lowest BCUT2D eigenvalue weighted by Gasteiger charge is -2.38. The second-order valence-electron chi connectivity index (χ2n) is 6.65. The number of ether oxygens (including phenoxy) is 1. The van der Waals surface area contributed by atoms with Crippen LogP contribution in [-0.4, -0.2) is 32.1 Å². The molecule has 1 saturated heterocycles. The number of hydrogen-bond acceptors (Lipinski definition) is 3. The van der Waals surface area contributed by atoms with E-state index in [-0.39, 0.29) is 0 Å². The first kappa shape index (κ1) is 15.3. The van der Waals surface area contributed by atoms with Gasteiger partial charge in [-0.3, -0.25) is 4.90 Å². The van der Waals surface area contributed by atoms with Crippen LogP contribution in [0.1, 0.15) is 37.8 Å². The van der Waals surface area contributed by atoms with Crippen LogP contribution in [0, 0.1) is 5.41 Å². The zero-order valence-electron chi connectivity index (χ0n) is 13.3. The highest BCUT2D eigenvalue weighted by molar-refractivity contribution is 5.37. The maximum absolute atomic E-state index is 5.52. The van der Waals surface area contributed by atoms with Gasteiger partial charge in [-0.05, 0) is 49.5 Å². The van der Waals surface area contributed by atoms with Gasteiger partial charge in [-0.2, -0.15) is 0 Å². The predicted octanol–water partition coefficient (Wildman–Crippen LogP) is 3.04. The number of methoxy groups -OCH3 is 1. The summed E-state index contributed by atoms with van der Waals surface area (Å²) < 4.78 is 5.52. The lowest BCUT2D eigenvalue weighted by Crippen LogP contribution is -2.39. The third-order valence-electron chi connectivity index (χ3n) is 4.10. The molecule has 0 aliphatic carbocycles. The largest absolute Gasteiger partial charge is 0.496 e. The number of benzene rings is 1. The monoisotopic (exact) mass is 276 g/mol. The van der Waals surface area contributed by atoms with Gasteiger partial charge in [-0.25, -0.2) is 0 Å². The Labute approximate surface area is 123 Å². The molecule has 1 aromatic carbocycles. The molecule has 0 aromatic heterocycles. The molecule has 2 rings (SSSR count). The third kappa shape index (κ3) is 3.97. The van der Waals surface area contributed by atoms with Crippen molar-refractivity contribution in [3.8, 4) is 5.75 Å². The number of nitrogens with zero attached hydrogens (tertiary/aromatic N) is 1. The van der Waals surface area contributed by atoms with Gasteiger partial charge >= 0.3 is 0 Å². The number of piperidine rings is 1. The molecule has 3 nitrogen and oxygen atoms in total. The highest BCUT2D eigenvalue weighted by Crippen LogP contribution is 2.30. The summed E-state index contributed by atoms with van der Waals surface area (Å²) >= 11 is 0. The van der Waals surface area contributed by atoms with Gasteiger partial charge in [0.25, 0.3) is 0 Å². The van der Waals surface area contributed by atoms with Crippen LogP contribution in [0.15, 0.2) is 18.2 Å². The summed E-state index contributed by atoms with van der Waals surface area (Å²) in [6.07, 6.45) is 2.63. The minimum atomic E-state index is 0.439. The van der Waals surface area contributed by atoms with Crippen molar-refractivity contribution in [2.75, 3.05) is 27.2 Å². The maximum atomic E-state index is 5.52. The normalized spacial score (nSPS) is 19.0. The van der Waals surface area contributed by atoms with Gasteiger partial charge in [-0.1, -0.05) is 19.9 Å². The van der Waals surface area contributed by atoms with Crippen molar-refractivity contribution in [1.82, 2.24) is 10.2 Å². The topological polar surface area (TPSA) is 24.5 Å². The lowest BCUT2D eigenvalue weighted by molar-refractivity contribution is 0.111. The van der Waals surface area contributed by atoms with E-state index in [1.54, 1.807) is 7.11 Å². The number of likely N-dealkylation sites (tertiary alicyclic amines) is 1. The minimum Gasteiger partial charge on any atom is -0.496 e. The number of rotatable bonds is 5. The molecule has 1 aromatic rings. The zero-order chi connectivity index (χ0) is 14.6. The Balaban J connectivity index is 2.12. The van der Waals surface area contributed by atoms with Crippen LogP contribution in [0.25, 0.3) is 0 Å². The Morgan fingerprint density at radius 2 is 2.15 bits per heavy atom. The van der Waals surface area contributed by atoms with Gasteiger partial charge in [0.2, 0.25) is 0 Å². The lowest BCUT2D eigenvalue weighted by atomic mass is 9.84.